The van der Waals surface area contributed by atoms with E-state index in [1.165, 1.54) is 26.3 Å². The number of nitrogens with one attached hydrogen (secondary N) is 2. The molecule has 32 heavy (non-hydrogen) atoms. The molecule has 2 N–H and O–H groups in total. The summed E-state index contributed by atoms with van der Waals surface area (Å²) in [5, 5.41) is 16.7. The van der Waals surface area contributed by atoms with Crippen LogP contribution in [-0.2, 0) is 14.8 Å². The lowest BCUT2D eigenvalue weighted by Crippen LogP contribution is -2.40. The fraction of sp³-hybridized carbons (Fsp3) is 0.619. The zero-order valence-corrected chi connectivity index (χ0v) is 19.4. The molecular weight excluding hydrogens is 430 g/mol. The number of amides is 1. The first-order chi connectivity index (χ1) is 15.4. The molecule has 1 aliphatic carbocycles. The number of piperidine rings is 1. The van der Waals surface area contributed by atoms with Gasteiger partial charge in [0.05, 0.1) is 10.9 Å². The van der Waals surface area contributed by atoms with Crippen LogP contribution < -0.4 is 10.0 Å². The highest BCUT2D eigenvalue weighted by Gasteiger charge is 2.26. The third-order valence-electron chi connectivity index (χ3n) is 6.37. The molecule has 1 amide bonds. The molecule has 10 nitrogen and oxygen atoms in total. The van der Waals surface area contributed by atoms with Crippen LogP contribution in [0.3, 0.4) is 0 Å². The summed E-state index contributed by atoms with van der Waals surface area (Å²) in [6, 6.07) is 5.27. The maximum absolute atomic E-state index is 12.4. The lowest BCUT2D eigenvalue weighted by atomic mass is 9.95. The SMILES string of the molecule is CNS(=O)(=O)c1ccc(NC2CCCCC2)c(-c2nnn(C3CCCN(C(C)=O)C3)n2)c1. The van der Waals surface area contributed by atoms with E-state index >= 15 is 0 Å². The zero-order valence-electron chi connectivity index (χ0n) is 18.6. The summed E-state index contributed by atoms with van der Waals surface area (Å²) in [4.78, 5) is 15.3. The smallest absolute Gasteiger partial charge is 0.240 e. The van der Waals surface area contributed by atoms with Gasteiger partial charge in [0, 0.05) is 37.3 Å². The Hall–Kier alpha value is -2.53. The summed E-state index contributed by atoms with van der Waals surface area (Å²) in [6.07, 6.45) is 7.52. The molecular formula is C21H31N7O3S. The first-order valence-electron chi connectivity index (χ1n) is 11.3. The van der Waals surface area contributed by atoms with E-state index in [1.807, 2.05) is 0 Å². The predicted molar refractivity (Wildman–Crippen MR) is 121 cm³/mol. The Bertz CT molecular complexity index is 1060. The number of carbonyl (C=O) groups is 1. The zero-order chi connectivity index (χ0) is 22.7. The minimum atomic E-state index is -3.61. The van der Waals surface area contributed by atoms with Crippen LogP contribution in [0.1, 0.15) is 57.9 Å². The molecule has 4 rings (SSSR count). The summed E-state index contributed by atoms with van der Waals surface area (Å²) in [5.41, 5.74) is 1.41. The molecule has 0 radical (unpaired) electrons. The Morgan fingerprint density at radius 2 is 1.91 bits per heavy atom. The van der Waals surface area contributed by atoms with E-state index in [1.54, 1.807) is 34.8 Å². The molecule has 2 heterocycles. The Kier molecular flexibility index (Phi) is 6.75. The second-order valence-corrected chi connectivity index (χ2v) is 10.5. The molecule has 1 saturated carbocycles. The normalized spacial score (nSPS) is 20.3. The van der Waals surface area contributed by atoms with Crippen LogP contribution in [0.4, 0.5) is 5.69 Å². The van der Waals surface area contributed by atoms with Crippen molar-refractivity contribution >= 4 is 21.6 Å². The Labute approximate surface area is 188 Å². The highest BCUT2D eigenvalue weighted by molar-refractivity contribution is 7.89. The summed E-state index contributed by atoms with van der Waals surface area (Å²) in [5.74, 6) is 0.412. The summed E-state index contributed by atoms with van der Waals surface area (Å²) < 4.78 is 27.2. The lowest BCUT2D eigenvalue weighted by Gasteiger charge is -2.30. The van der Waals surface area contributed by atoms with Crippen LogP contribution in [0.2, 0.25) is 0 Å². The molecule has 11 heteroatoms. The van der Waals surface area contributed by atoms with Gasteiger partial charge in [0.15, 0.2) is 0 Å². The molecule has 2 fully saturated rings. The van der Waals surface area contributed by atoms with Crippen molar-refractivity contribution in [3.63, 3.8) is 0 Å². The number of hydrogen-bond acceptors (Lipinski definition) is 7. The van der Waals surface area contributed by atoms with Crippen molar-refractivity contribution in [2.45, 2.75) is 68.8 Å². The second-order valence-electron chi connectivity index (χ2n) is 8.59. The maximum Gasteiger partial charge on any atom is 0.240 e. The fourth-order valence-electron chi connectivity index (χ4n) is 4.50. The standard InChI is InChI=1S/C21H31N7O3S/c1-15(29)27-12-6-9-17(14-27)28-25-21(24-26-28)19-13-18(32(30,31)22-2)10-11-20(19)23-16-7-4-3-5-8-16/h10-11,13,16-17,22-23H,3-9,12,14H2,1-2H3. The molecule has 1 aromatic heterocycles. The molecule has 1 aromatic carbocycles. The predicted octanol–water partition coefficient (Wildman–Crippen LogP) is 2.18. The maximum atomic E-state index is 12.4. The van der Waals surface area contributed by atoms with Crippen molar-refractivity contribution < 1.29 is 13.2 Å². The number of hydrogen-bond donors (Lipinski definition) is 2. The lowest BCUT2D eigenvalue weighted by molar-refractivity contribution is -0.130. The minimum absolute atomic E-state index is 0.0407. The van der Waals surface area contributed by atoms with Crippen molar-refractivity contribution in [2.75, 3.05) is 25.5 Å². The number of sulfonamides is 1. The average Bonchev–Trinajstić information content (AvgIpc) is 3.30. The van der Waals surface area contributed by atoms with E-state index in [9.17, 15) is 13.2 Å². The Balaban J connectivity index is 1.66. The molecule has 0 spiro atoms. The van der Waals surface area contributed by atoms with Gasteiger partial charge in [0.1, 0.15) is 0 Å². The van der Waals surface area contributed by atoms with Crippen LogP contribution in [0, 0.1) is 0 Å². The number of anilines is 1. The number of rotatable bonds is 6. The molecule has 1 atom stereocenters. The molecule has 2 aromatic rings. The average molecular weight is 462 g/mol. The van der Waals surface area contributed by atoms with Crippen molar-refractivity contribution in [3.8, 4) is 11.4 Å². The molecule has 1 unspecified atom stereocenters. The van der Waals surface area contributed by atoms with E-state index in [0.29, 0.717) is 24.0 Å². The number of nitrogens with zero attached hydrogens (tertiary/aromatic N) is 5. The summed E-state index contributed by atoms with van der Waals surface area (Å²) in [7, 11) is -2.22. The van der Waals surface area contributed by atoms with E-state index in [2.05, 4.69) is 25.4 Å². The molecule has 1 saturated heterocycles. The van der Waals surface area contributed by atoms with Gasteiger partial charge in [0.2, 0.25) is 21.8 Å². The Morgan fingerprint density at radius 3 is 2.62 bits per heavy atom. The van der Waals surface area contributed by atoms with Crippen LogP contribution in [0.15, 0.2) is 23.1 Å². The van der Waals surface area contributed by atoms with E-state index in [0.717, 1.165) is 37.9 Å². The summed E-state index contributed by atoms with van der Waals surface area (Å²) >= 11 is 0. The Morgan fingerprint density at radius 1 is 1.12 bits per heavy atom. The fourth-order valence-corrected chi connectivity index (χ4v) is 5.26. The van der Waals surface area contributed by atoms with Gasteiger partial charge in [-0.15, -0.1) is 10.2 Å². The van der Waals surface area contributed by atoms with Gasteiger partial charge in [-0.2, -0.15) is 4.80 Å². The number of tetrazole rings is 1. The number of likely N-dealkylation sites (tertiary alicyclic amines) is 1. The topological polar surface area (TPSA) is 122 Å². The third kappa shape index (κ3) is 4.93. The molecule has 174 valence electrons. The van der Waals surface area contributed by atoms with Gasteiger partial charge in [0.25, 0.3) is 0 Å². The van der Waals surface area contributed by atoms with Gasteiger partial charge in [-0.25, -0.2) is 13.1 Å². The first kappa shape index (κ1) is 22.7. The highest BCUT2D eigenvalue weighted by Crippen LogP contribution is 2.31. The molecule has 2 aliphatic rings. The van der Waals surface area contributed by atoms with Crippen molar-refractivity contribution in [1.82, 2.24) is 29.8 Å². The van der Waals surface area contributed by atoms with Crippen LogP contribution in [0.5, 0.6) is 0 Å². The quantitative estimate of drug-likeness (QED) is 0.676. The van der Waals surface area contributed by atoms with Crippen molar-refractivity contribution in [2.24, 2.45) is 0 Å². The van der Waals surface area contributed by atoms with Crippen molar-refractivity contribution in [1.29, 1.82) is 0 Å². The van der Waals surface area contributed by atoms with E-state index in [-0.39, 0.29) is 16.8 Å². The van der Waals surface area contributed by atoms with Crippen LogP contribution in [-0.4, -0.2) is 65.6 Å². The van der Waals surface area contributed by atoms with Gasteiger partial charge in [-0.05, 0) is 56.1 Å². The van der Waals surface area contributed by atoms with Crippen molar-refractivity contribution in [3.05, 3.63) is 18.2 Å². The highest BCUT2D eigenvalue weighted by atomic mass is 32.2. The van der Waals surface area contributed by atoms with Crippen LogP contribution in [0.25, 0.3) is 11.4 Å². The largest absolute Gasteiger partial charge is 0.382 e. The number of carbonyl (C=O) groups excluding carboxylic acids is 1. The van der Waals surface area contributed by atoms with Gasteiger partial charge < -0.3 is 10.2 Å². The second kappa shape index (κ2) is 9.53. The summed E-state index contributed by atoms with van der Waals surface area (Å²) in [6.45, 7) is 2.86. The van der Waals surface area contributed by atoms with E-state index < -0.39 is 10.0 Å². The number of benzene rings is 1. The molecule has 1 aliphatic heterocycles. The van der Waals surface area contributed by atoms with Gasteiger partial charge in [-0.3, -0.25) is 4.79 Å². The van der Waals surface area contributed by atoms with E-state index in [4.69, 9.17) is 0 Å². The first-order valence-corrected chi connectivity index (χ1v) is 12.8. The molecule has 0 bridgehead atoms. The van der Waals surface area contributed by atoms with Crippen LogP contribution >= 0.6 is 0 Å². The van der Waals surface area contributed by atoms with Gasteiger partial charge in [-0.1, -0.05) is 19.3 Å². The number of aromatic nitrogens is 4. The monoisotopic (exact) mass is 461 g/mol. The third-order valence-corrected chi connectivity index (χ3v) is 7.78. The minimum Gasteiger partial charge on any atom is -0.382 e. The van der Waals surface area contributed by atoms with Gasteiger partial charge >= 0.3 is 0 Å².